The normalized spacial score (nSPS) is 25.4. The summed E-state index contributed by atoms with van der Waals surface area (Å²) in [6, 6.07) is 6.24. The first kappa shape index (κ1) is 11.3. The Balaban J connectivity index is 2.20. The van der Waals surface area contributed by atoms with Crippen LogP contribution in [0.15, 0.2) is 24.3 Å². The van der Waals surface area contributed by atoms with Gasteiger partial charge in [0, 0.05) is 17.8 Å². The Morgan fingerprint density at radius 1 is 1.06 bits per heavy atom. The third kappa shape index (κ3) is 1.88. The summed E-state index contributed by atoms with van der Waals surface area (Å²) in [6.45, 7) is 4.16. The fraction of sp³-hybridized carbons (Fsp3) is 0.500. The molecule has 1 aliphatic rings. The van der Waals surface area contributed by atoms with E-state index in [1.54, 1.807) is 12.1 Å². The zero-order valence-electron chi connectivity index (χ0n) is 9.25. The minimum Gasteiger partial charge on any atom is -0.366 e. The highest BCUT2D eigenvalue weighted by atomic mass is 19.4. The molecule has 2 atom stereocenters. The van der Waals surface area contributed by atoms with Gasteiger partial charge in [-0.3, -0.25) is 0 Å². The Morgan fingerprint density at radius 3 is 1.94 bits per heavy atom. The highest BCUT2D eigenvalue weighted by molar-refractivity contribution is 5.52. The van der Waals surface area contributed by atoms with Crippen molar-refractivity contribution >= 4 is 5.69 Å². The molecular weight excluding hydrogens is 215 g/mol. The van der Waals surface area contributed by atoms with E-state index in [2.05, 4.69) is 18.7 Å². The van der Waals surface area contributed by atoms with Gasteiger partial charge in [0.2, 0.25) is 0 Å². The second-order valence-corrected chi connectivity index (χ2v) is 4.39. The fourth-order valence-electron chi connectivity index (χ4n) is 2.35. The van der Waals surface area contributed by atoms with Gasteiger partial charge in [0.15, 0.2) is 0 Å². The molecule has 0 aliphatic carbocycles. The standard InChI is InChI=1S/C12H14F3N/c1-8-7-9(2)16(8)11-5-3-10(4-6-11)12(13,14)15/h3-6,8-9H,7H2,1-2H3/t8-,9-/m1/s1. The second kappa shape index (κ2) is 3.68. The quantitative estimate of drug-likeness (QED) is 0.709. The molecule has 0 saturated carbocycles. The first-order chi connectivity index (χ1) is 7.39. The zero-order chi connectivity index (χ0) is 11.9. The van der Waals surface area contributed by atoms with Gasteiger partial charge in [0.25, 0.3) is 0 Å². The summed E-state index contributed by atoms with van der Waals surface area (Å²) < 4.78 is 37.1. The number of rotatable bonds is 1. The van der Waals surface area contributed by atoms with E-state index in [-0.39, 0.29) is 0 Å². The van der Waals surface area contributed by atoms with E-state index in [4.69, 9.17) is 0 Å². The average molecular weight is 229 g/mol. The van der Waals surface area contributed by atoms with Crippen LogP contribution in [-0.4, -0.2) is 12.1 Å². The molecule has 16 heavy (non-hydrogen) atoms. The summed E-state index contributed by atoms with van der Waals surface area (Å²) >= 11 is 0. The van der Waals surface area contributed by atoms with Gasteiger partial charge in [0.1, 0.15) is 0 Å². The van der Waals surface area contributed by atoms with Crippen LogP contribution in [0, 0.1) is 0 Å². The van der Waals surface area contributed by atoms with Crippen molar-refractivity contribution < 1.29 is 13.2 Å². The number of hydrogen-bond donors (Lipinski definition) is 0. The van der Waals surface area contributed by atoms with Gasteiger partial charge in [-0.15, -0.1) is 0 Å². The molecule has 0 N–H and O–H groups in total. The molecule has 4 heteroatoms. The summed E-state index contributed by atoms with van der Waals surface area (Å²) in [7, 11) is 0. The van der Waals surface area contributed by atoms with Crippen LogP contribution in [0.2, 0.25) is 0 Å². The molecule has 1 fully saturated rings. The Labute approximate surface area is 92.9 Å². The van der Waals surface area contributed by atoms with Gasteiger partial charge >= 0.3 is 6.18 Å². The fourth-order valence-corrected chi connectivity index (χ4v) is 2.35. The molecule has 1 nitrogen and oxygen atoms in total. The van der Waals surface area contributed by atoms with Crippen molar-refractivity contribution in [2.45, 2.75) is 38.5 Å². The van der Waals surface area contributed by atoms with Crippen molar-refractivity contribution in [3.63, 3.8) is 0 Å². The van der Waals surface area contributed by atoms with Crippen molar-refractivity contribution in [2.75, 3.05) is 4.90 Å². The maximum Gasteiger partial charge on any atom is 0.416 e. The number of hydrogen-bond acceptors (Lipinski definition) is 1. The first-order valence-electron chi connectivity index (χ1n) is 5.35. The van der Waals surface area contributed by atoms with Crippen LogP contribution in [0.1, 0.15) is 25.8 Å². The largest absolute Gasteiger partial charge is 0.416 e. The van der Waals surface area contributed by atoms with Crippen LogP contribution in [-0.2, 0) is 6.18 Å². The van der Waals surface area contributed by atoms with E-state index in [1.165, 1.54) is 0 Å². The Bertz CT molecular complexity index is 361. The van der Waals surface area contributed by atoms with Gasteiger partial charge in [-0.05, 0) is 44.5 Å². The Kier molecular flexibility index (Phi) is 2.60. The molecule has 2 rings (SSSR count). The van der Waals surface area contributed by atoms with Gasteiger partial charge < -0.3 is 4.90 Å². The molecule has 1 aliphatic heterocycles. The topological polar surface area (TPSA) is 3.24 Å². The summed E-state index contributed by atoms with van der Waals surface area (Å²) in [5.74, 6) is 0. The maximum atomic E-state index is 12.4. The van der Waals surface area contributed by atoms with E-state index in [0.29, 0.717) is 12.1 Å². The van der Waals surface area contributed by atoms with E-state index in [9.17, 15) is 13.2 Å². The van der Waals surface area contributed by atoms with Crippen LogP contribution in [0.25, 0.3) is 0 Å². The minimum absolute atomic E-state index is 0.423. The van der Waals surface area contributed by atoms with E-state index in [0.717, 1.165) is 24.2 Å². The van der Waals surface area contributed by atoms with Crippen molar-refractivity contribution in [1.82, 2.24) is 0 Å². The van der Waals surface area contributed by atoms with E-state index >= 15 is 0 Å². The monoisotopic (exact) mass is 229 g/mol. The zero-order valence-corrected chi connectivity index (χ0v) is 9.25. The van der Waals surface area contributed by atoms with Crippen molar-refractivity contribution in [1.29, 1.82) is 0 Å². The molecule has 1 aromatic rings. The Morgan fingerprint density at radius 2 is 1.56 bits per heavy atom. The van der Waals surface area contributed by atoms with Gasteiger partial charge in [-0.1, -0.05) is 0 Å². The van der Waals surface area contributed by atoms with Crippen LogP contribution >= 0.6 is 0 Å². The van der Waals surface area contributed by atoms with Crippen molar-refractivity contribution in [2.24, 2.45) is 0 Å². The third-order valence-corrected chi connectivity index (χ3v) is 3.12. The maximum absolute atomic E-state index is 12.4. The van der Waals surface area contributed by atoms with Gasteiger partial charge in [0.05, 0.1) is 5.56 Å². The number of nitrogens with zero attached hydrogens (tertiary/aromatic N) is 1. The predicted octanol–water partition coefficient (Wildman–Crippen LogP) is 3.69. The minimum atomic E-state index is -4.25. The molecule has 0 aromatic heterocycles. The first-order valence-corrected chi connectivity index (χ1v) is 5.35. The summed E-state index contributed by atoms with van der Waals surface area (Å²) in [6.07, 6.45) is -3.15. The van der Waals surface area contributed by atoms with E-state index in [1.807, 2.05) is 0 Å². The van der Waals surface area contributed by atoms with Crippen molar-refractivity contribution in [3.8, 4) is 0 Å². The summed E-state index contributed by atoms with van der Waals surface area (Å²) in [5, 5.41) is 0. The SMILES string of the molecule is C[C@@H]1C[C@@H](C)N1c1ccc(C(F)(F)F)cc1. The summed E-state index contributed by atoms with van der Waals surface area (Å²) in [5.41, 5.74) is 0.288. The summed E-state index contributed by atoms with van der Waals surface area (Å²) in [4.78, 5) is 2.14. The molecule has 0 radical (unpaired) electrons. The number of benzene rings is 1. The molecule has 88 valence electrons. The van der Waals surface area contributed by atoms with Gasteiger partial charge in [-0.2, -0.15) is 13.2 Å². The lowest BCUT2D eigenvalue weighted by Crippen LogP contribution is -2.53. The lowest BCUT2D eigenvalue weighted by Gasteiger charge is -2.47. The molecule has 1 aromatic carbocycles. The molecule has 0 amide bonds. The van der Waals surface area contributed by atoms with Gasteiger partial charge in [-0.25, -0.2) is 0 Å². The molecule has 1 saturated heterocycles. The molecule has 0 unspecified atom stereocenters. The lowest BCUT2D eigenvalue weighted by atomic mass is 9.94. The number of alkyl halides is 3. The van der Waals surface area contributed by atoms with Crippen LogP contribution in [0.4, 0.5) is 18.9 Å². The van der Waals surface area contributed by atoms with E-state index < -0.39 is 11.7 Å². The number of halogens is 3. The predicted molar refractivity (Wildman–Crippen MR) is 57.5 cm³/mol. The molecular formula is C12H14F3N. The van der Waals surface area contributed by atoms with Crippen LogP contribution in [0.3, 0.4) is 0 Å². The second-order valence-electron chi connectivity index (χ2n) is 4.39. The Hall–Kier alpha value is -1.19. The highest BCUT2D eigenvalue weighted by Gasteiger charge is 2.33. The van der Waals surface area contributed by atoms with Crippen LogP contribution < -0.4 is 4.90 Å². The average Bonchev–Trinajstić information content (AvgIpc) is 2.16. The molecule has 0 bridgehead atoms. The highest BCUT2D eigenvalue weighted by Crippen LogP contribution is 2.34. The third-order valence-electron chi connectivity index (χ3n) is 3.12. The number of anilines is 1. The molecule has 1 heterocycles. The molecule has 0 spiro atoms. The van der Waals surface area contributed by atoms with Crippen molar-refractivity contribution in [3.05, 3.63) is 29.8 Å². The smallest absolute Gasteiger partial charge is 0.366 e. The van der Waals surface area contributed by atoms with Crippen LogP contribution in [0.5, 0.6) is 0 Å². The lowest BCUT2D eigenvalue weighted by molar-refractivity contribution is -0.137.